The Morgan fingerprint density at radius 1 is 1.15 bits per heavy atom. The summed E-state index contributed by atoms with van der Waals surface area (Å²) >= 11 is 0. The van der Waals surface area contributed by atoms with Crippen LogP contribution in [0.5, 0.6) is 11.5 Å². The quantitative estimate of drug-likeness (QED) is 0.585. The van der Waals surface area contributed by atoms with E-state index < -0.39 is 5.91 Å². The molecule has 2 aromatic rings. The molecule has 26 heavy (non-hydrogen) atoms. The summed E-state index contributed by atoms with van der Waals surface area (Å²) in [5.74, 6) is 0.666. The van der Waals surface area contributed by atoms with Gasteiger partial charge in [-0.2, -0.15) is 5.10 Å². The number of amides is 2. The Labute approximate surface area is 151 Å². The second-order valence-corrected chi connectivity index (χ2v) is 5.29. The second-order valence-electron chi connectivity index (χ2n) is 5.29. The fraction of sp³-hybridized carbons (Fsp3) is 0.222. The van der Waals surface area contributed by atoms with Crippen LogP contribution in [0.3, 0.4) is 0 Å². The SMILES string of the molecule is COc1ccc(C(=O)NN=C(C)CC(=O)Nc2ccccn2)c(OC)c1. The third-order valence-electron chi connectivity index (χ3n) is 3.35. The summed E-state index contributed by atoms with van der Waals surface area (Å²) in [6.45, 7) is 1.64. The van der Waals surface area contributed by atoms with Gasteiger partial charge in [0.2, 0.25) is 5.91 Å². The first kappa shape index (κ1) is 18.9. The number of hydrazone groups is 1. The van der Waals surface area contributed by atoms with Crippen molar-refractivity contribution in [1.82, 2.24) is 10.4 Å². The lowest BCUT2D eigenvalue weighted by Gasteiger charge is -2.09. The molecule has 0 aliphatic rings. The Balaban J connectivity index is 1.95. The average Bonchev–Trinajstić information content (AvgIpc) is 2.66. The maximum absolute atomic E-state index is 12.3. The van der Waals surface area contributed by atoms with Crippen LogP contribution in [-0.2, 0) is 4.79 Å². The molecule has 0 unspecified atom stereocenters. The summed E-state index contributed by atoms with van der Waals surface area (Å²) in [6, 6.07) is 10.0. The molecule has 0 spiro atoms. The van der Waals surface area contributed by atoms with E-state index in [0.717, 1.165) is 0 Å². The van der Waals surface area contributed by atoms with Gasteiger partial charge in [0.15, 0.2) is 0 Å². The maximum atomic E-state index is 12.3. The predicted molar refractivity (Wildman–Crippen MR) is 97.6 cm³/mol. The number of methoxy groups -OCH3 is 2. The zero-order valence-electron chi connectivity index (χ0n) is 14.8. The molecular formula is C18H20N4O4. The molecule has 1 aromatic heterocycles. The molecule has 0 bridgehead atoms. The number of rotatable bonds is 7. The smallest absolute Gasteiger partial charge is 0.275 e. The Kier molecular flexibility index (Phi) is 6.67. The van der Waals surface area contributed by atoms with Gasteiger partial charge in [0, 0.05) is 18.0 Å². The Bertz CT molecular complexity index is 806. The largest absolute Gasteiger partial charge is 0.497 e. The highest BCUT2D eigenvalue weighted by atomic mass is 16.5. The number of hydrogen-bond donors (Lipinski definition) is 2. The lowest BCUT2D eigenvalue weighted by atomic mass is 10.2. The van der Waals surface area contributed by atoms with E-state index in [1.54, 1.807) is 49.5 Å². The number of hydrogen-bond acceptors (Lipinski definition) is 6. The van der Waals surface area contributed by atoms with Crippen molar-refractivity contribution in [2.75, 3.05) is 19.5 Å². The van der Waals surface area contributed by atoms with Gasteiger partial charge in [-0.05, 0) is 31.2 Å². The fourth-order valence-electron chi connectivity index (χ4n) is 2.09. The number of anilines is 1. The molecule has 8 heteroatoms. The number of carbonyl (C=O) groups excluding carboxylic acids is 2. The molecule has 2 rings (SSSR count). The van der Waals surface area contributed by atoms with Gasteiger partial charge in [0.1, 0.15) is 17.3 Å². The van der Waals surface area contributed by atoms with Crippen molar-refractivity contribution < 1.29 is 19.1 Å². The summed E-state index contributed by atoms with van der Waals surface area (Å²) in [4.78, 5) is 28.2. The van der Waals surface area contributed by atoms with E-state index in [9.17, 15) is 9.59 Å². The Hall–Kier alpha value is -3.42. The third-order valence-corrected chi connectivity index (χ3v) is 3.35. The molecule has 0 saturated heterocycles. The number of benzene rings is 1. The average molecular weight is 356 g/mol. The number of nitrogens with one attached hydrogen (secondary N) is 2. The van der Waals surface area contributed by atoms with Crippen molar-refractivity contribution in [3.05, 3.63) is 48.2 Å². The lowest BCUT2D eigenvalue weighted by molar-refractivity contribution is -0.115. The molecule has 0 aliphatic carbocycles. The highest BCUT2D eigenvalue weighted by Crippen LogP contribution is 2.24. The summed E-state index contributed by atoms with van der Waals surface area (Å²) in [7, 11) is 2.99. The third kappa shape index (κ3) is 5.30. The standard InChI is InChI=1S/C18H20N4O4/c1-12(10-17(23)20-16-6-4-5-9-19-16)21-22-18(24)14-8-7-13(25-2)11-15(14)26-3/h4-9,11H,10H2,1-3H3,(H,22,24)(H,19,20,23). The lowest BCUT2D eigenvalue weighted by Crippen LogP contribution is -2.22. The van der Waals surface area contributed by atoms with E-state index in [1.165, 1.54) is 14.2 Å². The molecule has 0 saturated carbocycles. The maximum Gasteiger partial charge on any atom is 0.275 e. The zero-order valence-corrected chi connectivity index (χ0v) is 14.8. The molecule has 0 radical (unpaired) electrons. The van der Waals surface area contributed by atoms with E-state index in [0.29, 0.717) is 28.6 Å². The summed E-state index contributed by atoms with van der Waals surface area (Å²) in [5.41, 5.74) is 3.16. The van der Waals surface area contributed by atoms with Crippen LogP contribution in [0.1, 0.15) is 23.7 Å². The van der Waals surface area contributed by atoms with Crippen LogP contribution in [0.15, 0.2) is 47.7 Å². The van der Waals surface area contributed by atoms with Crippen molar-refractivity contribution in [3.8, 4) is 11.5 Å². The highest BCUT2D eigenvalue weighted by molar-refractivity contribution is 6.06. The topological polar surface area (TPSA) is 102 Å². The van der Waals surface area contributed by atoms with Gasteiger partial charge in [0.05, 0.1) is 26.2 Å². The van der Waals surface area contributed by atoms with E-state index in [-0.39, 0.29) is 12.3 Å². The number of pyridine rings is 1. The minimum absolute atomic E-state index is 0.0244. The molecule has 0 fully saturated rings. The predicted octanol–water partition coefficient (Wildman–Crippen LogP) is 2.23. The molecule has 1 aromatic carbocycles. The molecular weight excluding hydrogens is 336 g/mol. The van der Waals surface area contributed by atoms with E-state index in [1.807, 2.05) is 0 Å². The normalized spacial score (nSPS) is 10.8. The van der Waals surface area contributed by atoms with Crippen LogP contribution in [0, 0.1) is 0 Å². The van der Waals surface area contributed by atoms with Gasteiger partial charge in [0.25, 0.3) is 5.91 Å². The van der Waals surface area contributed by atoms with Crippen LogP contribution in [0.2, 0.25) is 0 Å². The van der Waals surface area contributed by atoms with Crippen molar-refractivity contribution in [1.29, 1.82) is 0 Å². The van der Waals surface area contributed by atoms with Gasteiger partial charge in [-0.3, -0.25) is 9.59 Å². The molecule has 0 aliphatic heterocycles. The molecule has 8 nitrogen and oxygen atoms in total. The number of ether oxygens (including phenoxy) is 2. The molecule has 2 amide bonds. The Morgan fingerprint density at radius 2 is 1.96 bits per heavy atom. The van der Waals surface area contributed by atoms with Crippen LogP contribution in [0.4, 0.5) is 5.82 Å². The minimum Gasteiger partial charge on any atom is -0.497 e. The van der Waals surface area contributed by atoms with Crippen LogP contribution in [0.25, 0.3) is 0 Å². The molecule has 136 valence electrons. The van der Waals surface area contributed by atoms with Gasteiger partial charge in [-0.1, -0.05) is 6.07 Å². The summed E-state index contributed by atoms with van der Waals surface area (Å²) < 4.78 is 10.3. The minimum atomic E-state index is -0.450. The first-order chi connectivity index (χ1) is 12.5. The van der Waals surface area contributed by atoms with E-state index >= 15 is 0 Å². The molecule has 0 atom stereocenters. The van der Waals surface area contributed by atoms with Gasteiger partial charge < -0.3 is 14.8 Å². The van der Waals surface area contributed by atoms with E-state index in [2.05, 4.69) is 20.8 Å². The Morgan fingerprint density at radius 3 is 2.62 bits per heavy atom. The van der Waals surface area contributed by atoms with Gasteiger partial charge in [-0.15, -0.1) is 0 Å². The first-order valence-corrected chi connectivity index (χ1v) is 7.80. The van der Waals surface area contributed by atoms with Gasteiger partial charge >= 0.3 is 0 Å². The summed E-state index contributed by atoms with van der Waals surface area (Å²) in [6.07, 6.45) is 1.61. The molecule has 1 heterocycles. The zero-order chi connectivity index (χ0) is 18.9. The van der Waals surface area contributed by atoms with Crippen molar-refractivity contribution >= 4 is 23.3 Å². The number of nitrogens with zero attached hydrogens (tertiary/aromatic N) is 2. The second kappa shape index (κ2) is 9.16. The van der Waals surface area contributed by atoms with Crippen molar-refractivity contribution in [2.45, 2.75) is 13.3 Å². The van der Waals surface area contributed by atoms with Crippen LogP contribution < -0.4 is 20.2 Å². The number of aromatic nitrogens is 1. The first-order valence-electron chi connectivity index (χ1n) is 7.80. The fourth-order valence-corrected chi connectivity index (χ4v) is 2.09. The van der Waals surface area contributed by atoms with Gasteiger partial charge in [-0.25, -0.2) is 10.4 Å². The number of carbonyl (C=O) groups is 2. The molecule has 2 N–H and O–H groups in total. The highest BCUT2D eigenvalue weighted by Gasteiger charge is 2.13. The van der Waals surface area contributed by atoms with E-state index in [4.69, 9.17) is 9.47 Å². The van der Waals surface area contributed by atoms with Crippen molar-refractivity contribution in [2.24, 2.45) is 5.10 Å². The monoisotopic (exact) mass is 356 g/mol. The van der Waals surface area contributed by atoms with Crippen LogP contribution >= 0.6 is 0 Å². The van der Waals surface area contributed by atoms with Crippen LogP contribution in [-0.4, -0.2) is 36.7 Å². The van der Waals surface area contributed by atoms with Crippen molar-refractivity contribution in [3.63, 3.8) is 0 Å². The summed E-state index contributed by atoms with van der Waals surface area (Å²) in [5, 5.41) is 6.59.